The van der Waals surface area contributed by atoms with E-state index in [4.69, 9.17) is 4.74 Å². The van der Waals surface area contributed by atoms with E-state index in [2.05, 4.69) is 10.6 Å². The van der Waals surface area contributed by atoms with E-state index in [0.29, 0.717) is 56.2 Å². The molecule has 40 heavy (non-hydrogen) atoms. The normalized spacial score (nSPS) is 21.8. The van der Waals surface area contributed by atoms with Crippen LogP contribution in [0.15, 0.2) is 48.5 Å². The molecule has 4 aliphatic rings. The van der Waals surface area contributed by atoms with Gasteiger partial charge in [0.1, 0.15) is 17.5 Å². The number of benzene rings is 2. The highest BCUT2D eigenvalue weighted by molar-refractivity contribution is 5.86. The van der Waals surface area contributed by atoms with Crippen molar-refractivity contribution >= 4 is 23.7 Å². The predicted octanol–water partition coefficient (Wildman–Crippen LogP) is 3.45. The molecule has 1 aliphatic carbocycles. The third-order valence-electron chi connectivity index (χ3n) is 8.55. The van der Waals surface area contributed by atoms with Crippen molar-refractivity contribution in [2.24, 2.45) is 11.3 Å². The first-order chi connectivity index (χ1) is 19.3. The maximum atomic E-state index is 13.7. The summed E-state index contributed by atoms with van der Waals surface area (Å²) in [4.78, 5) is 52.8. The molecular weight excluding hydrogens is 510 g/mol. The molecule has 3 amide bonds. The molecule has 1 atom stereocenters. The second kappa shape index (κ2) is 12.1. The summed E-state index contributed by atoms with van der Waals surface area (Å²) < 4.78 is 6.07. The molecule has 3 N–H and O–H groups in total. The van der Waals surface area contributed by atoms with Gasteiger partial charge < -0.3 is 25.4 Å². The van der Waals surface area contributed by atoms with Gasteiger partial charge in [0, 0.05) is 38.9 Å². The van der Waals surface area contributed by atoms with Gasteiger partial charge in [0.05, 0.1) is 5.41 Å². The number of aliphatic carboxylic acids is 1. The van der Waals surface area contributed by atoms with Crippen LogP contribution in [0.1, 0.15) is 56.1 Å². The molecule has 2 fully saturated rings. The van der Waals surface area contributed by atoms with Gasteiger partial charge in [-0.3, -0.25) is 14.4 Å². The fraction of sp³-hybridized carbons (Fsp3) is 0.484. The van der Waals surface area contributed by atoms with Crippen LogP contribution in [0.2, 0.25) is 0 Å². The number of hydrogen-bond acceptors (Lipinski definition) is 5. The number of carboxylic acid groups (broad SMARTS) is 1. The van der Waals surface area contributed by atoms with Crippen molar-refractivity contribution in [2.45, 2.75) is 63.8 Å². The molecule has 9 nitrogen and oxygen atoms in total. The Labute approximate surface area is 234 Å². The highest BCUT2D eigenvalue weighted by Crippen LogP contribution is 2.38. The minimum Gasteiger partial charge on any atom is -0.480 e. The zero-order valence-corrected chi connectivity index (χ0v) is 22.7. The van der Waals surface area contributed by atoms with Crippen molar-refractivity contribution in [2.75, 3.05) is 19.6 Å². The molecule has 1 saturated carbocycles. The van der Waals surface area contributed by atoms with E-state index in [-0.39, 0.29) is 31.2 Å². The van der Waals surface area contributed by atoms with Gasteiger partial charge in [-0.2, -0.15) is 0 Å². The van der Waals surface area contributed by atoms with Crippen LogP contribution in [0.25, 0.3) is 0 Å². The third-order valence-corrected chi connectivity index (χ3v) is 8.55. The first-order valence-corrected chi connectivity index (χ1v) is 14.2. The number of likely N-dealkylation sites (tertiary alicyclic amines) is 1. The molecule has 2 aromatic rings. The Bertz CT molecular complexity index is 1250. The number of carboxylic acids is 1. The molecule has 0 unspecified atom stereocenters. The minimum atomic E-state index is -1.12. The quantitative estimate of drug-likeness (QED) is 0.541. The number of nitrogens with zero attached hydrogens (tertiary/aromatic N) is 1. The fourth-order valence-electron chi connectivity index (χ4n) is 5.86. The van der Waals surface area contributed by atoms with Gasteiger partial charge in [-0.05, 0) is 73.4 Å². The number of rotatable bonds is 3. The van der Waals surface area contributed by atoms with Crippen LogP contribution in [-0.2, 0) is 32.0 Å². The Hall–Kier alpha value is -3.88. The van der Waals surface area contributed by atoms with Crippen molar-refractivity contribution in [3.05, 3.63) is 59.7 Å². The van der Waals surface area contributed by atoms with Crippen LogP contribution in [0, 0.1) is 11.3 Å². The lowest BCUT2D eigenvalue weighted by atomic mass is 9.72. The first-order valence-electron chi connectivity index (χ1n) is 14.2. The van der Waals surface area contributed by atoms with Crippen molar-refractivity contribution in [1.82, 2.24) is 15.5 Å². The standard InChI is InChI=1S/C31H37N3O6/c35-27-11-14-32-30(39)31(12-15-34(16-13-31)28(36)19-21-3-1-4-21)20-23-5-2-6-25(17-23)40-24-9-7-22(8-10-24)18-26(33-27)29(37)38/h2,5-10,17,21,26H,1,3-4,11-16,18-20H2,(H,32,39)(H,33,35)(H,37,38)/t26-/m0/s1. The fourth-order valence-corrected chi connectivity index (χ4v) is 5.86. The molecule has 212 valence electrons. The highest BCUT2D eigenvalue weighted by atomic mass is 16.5. The number of piperidine rings is 1. The largest absolute Gasteiger partial charge is 0.480 e. The maximum Gasteiger partial charge on any atom is 0.326 e. The number of ether oxygens (including phenoxy) is 1. The molecular formula is C31H37N3O6. The number of nitrogens with one attached hydrogen (secondary N) is 2. The smallest absolute Gasteiger partial charge is 0.326 e. The predicted molar refractivity (Wildman–Crippen MR) is 148 cm³/mol. The Balaban J connectivity index is 1.37. The van der Waals surface area contributed by atoms with Gasteiger partial charge >= 0.3 is 5.97 Å². The minimum absolute atomic E-state index is 0.0279. The van der Waals surface area contributed by atoms with Gasteiger partial charge in [0.15, 0.2) is 0 Å². The summed E-state index contributed by atoms with van der Waals surface area (Å²) in [5.41, 5.74) is 0.975. The second-order valence-electron chi connectivity index (χ2n) is 11.4. The molecule has 3 heterocycles. The Kier molecular flexibility index (Phi) is 8.38. The van der Waals surface area contributed by atoms with Crippen molar-refractivity contribution in [3.8, 4) is 11.5 Å². The van der Waals surface area contributed by atoms with Gasteiger partial charge in [0.25, 0.3) is 0 Å². The van der Waals surface area contributed by atoms with E-state index in [1.165, 1.54) is 6.42 Å². The number of carbonyl (C=O) groups excluding carboxylic acids is 3. The number of carbonyl (C=O) groups is 4. The summed E-state index contributed by atoms with van der Waals surface area (Å²) in [6.45, 7) is 1.13. The second-order valence-corrected chi connectivity index (χ2v) is 11.4. The van der Waals surface area contributed by atoms with Gasteiger partial charge in [-0.1, -0.05) is 30.7 Å². The molecule has 3 aliphatic heterocycles. The maximum absolute atomic E-state index is 13.7. The molecule has 4 bridgehead atoms. The molecule has 0 aromatic heterocycles. The Morgan fingerprint density at radius 2 is 1.75 bits per heavy atom. The first kappa shape index (κ1) is 27.7. The van der Waals surface area contributed by atoms with E-state index in [1.54, 1.807) is 24.3 Å². The van der Waals surface area contributed by atoms with Gasteiger partial charge in [-0.25, -0.2) is 4.79 Å². The summed E-state index contributed by atoms with van der Waals surface area (Å²) in [7, 11) is 0. The zero-order valence-electron chi connectivity index (χ0n) is 22.7. The lowest BCUT2D eigenvalue weighted by Gasteiger charge is -2.41. The average Bonchev–Trinajstić information content (AvgIpc) is 2.91. The summed E-state index contributed by atoms with van der Waals surface area (Å²) >= 11 is 0. The van der Waals surface area contributed by atoms with Crippen LogP contribution in [0.5, 0.6) is 11.5 Å². The molecule has 6 rings (SSSR count). The topological polar surface area (TPSA) is 125 Å². The monoisotopic (exact) mass is 547 g/mol. The summed E-state index contributed by atoms with van der Waals surface area (Å²) in [5, 5.41) is 15.2. The van der Waals surface area contributed by atoms with Crippen LogP contribution in [-0.4, -0.2) is 59.4 Å². The molecule has 1 saturated heterocycles. The highest BCUT2D eigenvalue weighted by Gasteiger charge is 2.42. The lowest BCUT2D eigenvalue weighted by molar-refractivity contribution is -0.142. The Morgan fingerprint density at radius 3 is 2.42 bits per heavy atom. The van der Waals surface area contributed by atoms with E-state index < -0.39 is 23.3 Å². The molecule has 0 radical (unpaired) electrons. The summed E-state index contributed by atoms with van der Waals surface area (Å²) in [6.07, 6.45) is 5.65. The van der Waals surface area contributed by atoms with Gasteiger partial charge in [0.2, 0.25) is 17.7 Å². The van der Waals surface area contributed by atoms with Gasteiger partial charge in [-0.15, -0.1) is 0 Å². The third kappa shape index (κ3) is 6.63. The SMILES string of the molecule is O=C1CCNC(=O)C2(CCN(C(=O)CC3CCC3)CC2)Cc2cccc(c2)Oc2ccc(cc2)C[C@@H](C(=O)O)N1. The number of amides is 3. The average molecular weight is 548 g/mol. The lowest BCUT2D eigenvalue weighted by Crippen LogP contribution is -2.52. The Morgan fingerprint density at radius 1 is 1.00 bits per heavy atom. The van der Waals surface area contributed by atoms with Crippen LogP contribution < -0.4 is 15.4 Å². The van der Waals surface area contributed by atoms with Crippen molar-refractivity contribution in [3.63, 3.8) is 0 Å². The number of hydrogen-bond donors (Lipinski definition) is 3. The molecule has 9 heteroatoms. The van der Waals surface area contributed by atoms with E-state index >= 15 is 0 Å². The van der Waals surface area contributed by atoms with Crippen LogP contribution >= 0.6 is 0 Å². The van der Waals surface area contributed by atoms with E-state index in [1.807, 2.05) is 29.2 Å². The number of fused-ring (bicyclic) bond motifs is 9. The van der Waals surface area contributed by atoms with Crippen molar-refractivity contribution < 1.29 is 29.0 Å². The van der Waals surface area contributed by atoms with Crippen molar-refractivity contribution in [1.29, 1.82) is 0 Å². The summed E-state index contributed by atoms with van der Waals surface area (Å²) in [5.74, 6) is 0.200. The van der Waals surface area contributed by atoms with Crippen LogP contribution in [0.4, 0.5) is 0 Å². The molecule has 1 spiro atoms. The summed E-state index contributed by atoms with van der Waals surface area (Å²) in [6, 6.07) is 13.7. The van der Waals surface area contributed by atoms with E-state index in [9.17, 15) is 24.3 Å². The zero-order chi connectivity index (χ0) is 28.1. The molecule has 2 aromatic carbocycles. The van der Waals surface area contributed by atoms with Crippen LogP contribution in [0.3, 0.4) is 0 Å². The van der Waals surface area contributed by atoms with E-state index in [0.717, 1.165) is 24.0 Å².